The number of amides is 1. The molecule has 34 heavy (non-hydrogen) atoms. The van der Waals surface area contributed by atoms with Crippen LogP contribution in [0.15, 0.2) is 97.9 Å². The van der Waals surface area contributed by atoms with Crippen LogP contribution >= 0.6 is 11.6 Å². The van der Waals surface area contributed by atoms with Gasteiger partial charge in [0.2, 0.25) is 14.9 Å². The first-order chi connectivity index (χ1) is 16.4. The molecule has 0 bridgehead atoms. The number of carbonyl (C=O) groups is 1. The van der Waals surface area contributed by atoms with Gasteiger partial charge in [-0.3, -0.25) is 4.79 Å². The van der Waals surface area contributed by atoms with Crippen molar-refractivity contribution in [3.63, 3.8) is 0 Å². The van der Waals surface area contributed by atoms with Crippen LogP contribution in [0.4, 0.5) is 0 Å². The first-order valence-corrected chi connectivity index (χ1v) is 12.4. The fourth-order valence-corrected chi connectivity index (χ4v) is 4.68. The predicted molar refractivity (Wildman–Crippen MR) is 126 cm³/mol. The summed E-state index contributed by atoms with van der Waals surface area (Å²) in [6, 6.07) is 19.3. The van der Waals surface area contributed by atoms with Gasteiger partial charge in [0.1, 0.15) is 11.5 Å². The van der Waals surface area contributed by atoms with Crippen molar-refractivity contribution in [3.8, 4) is 5.75 Å². The molecule has 7 nitrogen and oxygen atoms in total. The average molecular weight is 500 g/mol. The number of rotatable bonds is 9. The van der Waals surface area contributed by atoms with E-state index in [1.165, 1.54) is 47.6 Å². The molecule has 4 aromatic rings. The number of carbonyl (C=O) groups excluding carboxylic acids is 1. The predicted octanol–water partition coefficient (Wildman–Crippen LogP) is 5.60. The van der Waals surface area contributed by atoms with Crippen LogP contribution < -0.4 is 4.74 Å². The molecule has 9 heteroatoms. The summed E-state index contributed by atoms with van der Waals surface area (Å²) in [4.78, 5) is 14.9. The molecule has 0 radical (unpaired) electrons. The van der Waals surface area contributed by atoms with Crippen LogP contribution in [0.25, 0.3) is 0 Å². The topological polar surface area (TPSA) is 90.0 Å². The van der Waals surface area contributed by atoms with Crippen LogP contribution in [0.2, 0.25) is 5.02 Å². The lowest BCUT2D eigenvalue weighted by molar-refractivity contribution is 0.0679. The van der Waals surface area contributed by atoms with Gasteiger partial charge >= 0.3 is 0 Å². The largest absolute Gasteiger partial charge is 0.494 e. The van der Waals surface area contributed by atoms with Gasteiger partial charge in [-0.1, -0.05) is 23.7 Å². The van der Waals surface area contributed by atoms with Crippen molar-refractivity contribution in [1.82, 2.24) is 4.90 Å². The summed E-state index contributed by atoms with van der Waals surface area (Å²) in [7, 11) is -3.95. The zero-order chi connectivity index (χ0) is 24.1. The first kappa shape index (κ1) is 23.7. The lowest BCUT2D eigenvalue weighted by Crippen LogP contribution is -2.29. The number of hydrogen-bond donors (Lipinski definition) is 0. The zero-order valence-electron chi connectivity index (χ0n) is 18.3. The van der Waals surface area contributed by atoms with Crippen LogP contribution in [-0.4, -0.2) is 25.8 Å². The Morgan fingerprint density at radius 1 is 1.00 bits per heavy atom. The van der Waals surface area contributed by atoms with Crippen molar-refractivity contribution in [3.05, 3.63) is 101 Å². The fraction of sp³-hybridized carbons (Fsp3) is 0.160. The highest BCUT2D eigenvalue weighted by Gasteiger charge is 2.26. The molecule has 0 saturated heterocycles. The Balaban J connectivity index is 1.61. The fourth-order valence-electron chi connectivity index (χ4n) is 3.38. The Morgan fingerprint density at radius 2 is 1.79 bits per heavy atom. The van der Waals surface area contributed by atoms with E-state index in [0.29, 0.717) is 23.1 Å². The Labute approximate surface area is 202 Å². The van der Waals surface area contributed by atoms with E-state index in [1.54, 1.807) is 12.1 Å². The maximum absolute atomic E-state index is 13.4. The van der Waals surface area contributed by atoms with Gasteiger partial charge < -0.3 is 18.5 Å². The third kappa shape index (κ3) is 5.35. The number of benzene rings is 2. The monoisotopic (exact) mass is 499 g/mol. The molecule has 0 aliphatic rings. The minimum atomic E-state index is -3.95. The summed E-state index contributed by atoms with van der Waals surface area (Å²) in [6.45, 7) is 2.83. The van der Waals surface area contributed by atoms with Crippen molar-refractivity contribution in [1.29, 1.82) is 0 Å². The molecule has 2 heterocycles. The van der Waals surface area contributed by atoms with E-state index in [0.717, 1.165) is 5.56 Å². The van der Waals surface area contributed by atoms with E-state index in [4.69, 9.17) is 25.2 Å². The summed E-state index contributed by atoms with van der Waals surface area (Å²) >= 11 is 5.86. The van der Waals surface area contributed by atoms with E-state index >= 15 is 0 Å². The number of nitrogens with zero attached hydrogens (tertiary/aromatic N) is 1. The molecule has 0 atom stereocenters. The molecule has 0 unspecified atom stereocenters. The summed E-state index contributed by atoms with van der Waals surface area (Å²) in [6.07, 6.45) is 1.53. The van der Waals surface area contributed by atoms with Gasteiger partial charge in [0.25, 0.3) is 5.91 Å². The Bertz CT molecular complexity index is 1360. The third-order valence-electron chi connectivity index (χ3n) is 4.98. The Hall–Kier alpha value is -3.49. The highest BCUT2D eigenvalue weighted by Crippen LogP contribution is 2.26. The van der Waals surface area contributed by atoms with Crippen molar-refractivity contribution in [2.24, 2.45) is 0 Å². The van der Waals surface area contributed by atoms with E-state index < -0.39 is 15.7 Å². The average Bonchev–Trinajstić information content (AvgIpc) is 3.52. The molecular formula is C25H22ClNO6S. The molecule has 1 amide bonds. The maximum Gasteiger partial charge on any atom is 0.290 e. The molecule has 2 aromatic carbocycles. The summed E-state index contributed by atoms with van der Waals surface area (Å²) in [5.74, 6) is 0.699. The molecule has 0 fully saturated rings. The molecule has 4 rings (SSSR count). The molecule has 0 saturated carbocycles. The molecule has 2 aromatic heterocycles. The van der Waals surface area contributed by atoms with Crippen LogP contribution in [-0.2, 0) is 22.9 Å². The van der Waals surface area contributed by atoms with Crippen LogP contribution in [0, 0.1) is 0 Å². The van der Waals surface area contributed by atoms with E-state index in [2.05, 4.69) is 0 Å². The van der Waals surface area contributed by atoms with E-state index in [1.807, 2.05) is 31.2 Å². The molecular weight excluding hydrogens is 478 g/mol. The van der Waals surface area contributed by atoms with E-state index in [-0.39, 0.29) is 28.8 Å². The zero-order valence-corrected chi connectivity index (χ0v) is 19.9. The number of sulfone groups is 1. The normalized spacial score (nSPS) is 11.4. The van der Waals surface area contributed by atoms with Gasteiger partial charge in [0.15, 0.2) is 5.76 Å². The minimum Gasteiger partial charge on any atom is -0.494 e. The van der Waals surface area contributed by atoms with Crippen molar-refractivity contribution < 1.29 is 26.8 Å². The third-order valence-corrected chi connectivity index (χ3v) is 6.87. The first-order valence-electron chi connectivity index (χ1n) is 10.5. The quantitative estimate of drug-likeness (QED) is 0.298. The van der Waals surface area contributed by atoms with Gasteiger partial charge in [0, 0.05) is 11.6 Å². The van der Waals surface area contributed by atoms with Gasteiger partial charge in [0.05, 0.1) is 24.3 Å². The van der Waals surface area contributed by atoms with E-state index in [9.17, 15) is 13.2 Å². The molecule has 0 aliphatic carbocycles. The number of hydrogen-bond acceptors (Lipinski definition) is 6. The van der Waals surface area contributed by atoms with Crippen LogP contribution in [0.3, 0.4) is 0 Å². The van der Waals surface area contributed by atoms with Gasteiger partial charge in [-0.2, -0.15) is 0 Å². The minimum absolute atomic E-state index is 0.0189. The molecule has 176 valence electrons. The SMILES string of the molecule is CCOc1cccc(CN(Cc2ccco2)C(=O)c2ccc(S(=O)(=O)c3ccc(Cl)cc3)o2)c1. The van der Waals surface area contributed by atoms with Crippen LogP contribution in [0.5, 0.6) is 5.75 Å². The molecule has 0 aliphatic heterocycles. The molecule has 0 N–H and O–H groups in total. The van der Waals surface area contributed by atoms with Crippen molar-refractivity contribution in [2.45, 2.75) is 30.0 Å². The highest BCUT2D eigenvalue weighted by atomic mass is 35.5. The Kier molecular flexibility index (Phi) is 7.09. The highest BCUT2D eigenvalue weighted by molar-refractivity contribution is 7.91. The maximum atomic E-state index is 13.4. The van der Waals surface area contributed by atoms with Crippen molar-refractivity contribution in [2.75, 3.05) is 6.61 Å². The number of halogens is 1. The van der Waals surface area contributed by atoms with Crippen LogP contribution in [0.1, 0.15) is 28.8 Å². The van der Waals surface area contributed by atoms with Gasteiger partial charge in [-0.25, -0.2) is 8.42 Å². The molecule has 0 spiro atoms. The van der Waals surface area contributed by atoms with Gasteiger partial charge in [-0.05, 0) is 73.2 Å². The standard InChI is InChI=1S/C25H22ClNO6S/c1-2-31-20-6-3-5-18(15-20)16-27(17-21-7-4-14-32-21)25(28)23-12-13-24(33-23)34(29,30)22-10-8-19(26)9-11-22/h3-15H,2,16-17H2,1H3. The smallest absolute Gasteiger partial charge is 0.290 e. The second-order valence-corrected chi connectivity index (χ2v) is 9.71. The van der Waals surface area contributed by atoms with Gasteiger partial charge in [-0.15, -0.1) is 0 Å². The lowest BCUT2D eigenvalue weighted by Gasteiger charge is -2.21. The number of furan rings is 2. The Morgan fingerprint density at radius 3 is 2.50 bits per heavy atom. The second kappa shape index (κ2) is 10.2. The summed E-state index contributed by atoms with van der Waals surface area (Å²) in [5.41, 5.74) is 0.839. The summed E-state index contributed by atoms with van der Waals surface area (Å²) in [5, 5.41) is 0.0886. The number of ether oxygens (including phenoxy) is 1. The second-order valence-electron chi connectivity index (χ2n) is 7.40. The lowest BCUT2D eigenvalue weighted by atomic mass is 10.2. The van der Waals surface area contributed by atoms with Crippen molar-refractivity contribution >= 4 is 27.3 Å². The summed E-state index contributed by atoms with van der Waals surface area (Å²) < 4.78 is 42.3.